The number of nitrogens with zero attached hydrogens (tertiary/aromatic N) is 4. The highest BCUT2D eigenvalue weighted by molar-refractivity contribution is 7.87. The van der Waals surface area contributed by atoms with Crippen LogP contribution in [-0.4, -0.2) is 68.0 Å². The lowest BCUT2D eigenvalue weighted by Crippen LogP contribution is -2.09. The largest absolute Gasteiger partial charge is 0.505 e. The van der Waals surface area contributed by atoms with Gasteiger partial charge in [-0.2, -0.15) is 38.8 Å². The van der Waals surface area contributed by atoms with Crippen LogP contribution in [0.4, 0.5) is 28.4 Å². The fraction of sp³-hybridized carbons (Fsp3) is 0.100. The Morgan fingerprint density at radius 3 is 1.77 bits per heavy atom. The number of phenols is 1. The third-order valence-electron chi connectivity index (χ3n) is 7.37. The van der Waals surface area contributed by atoms with Crippen LogP contribution in [0, 0.1) is 0 Å². The topological polar surface area (TPSA) is 294 Å². The van der Waals surface area contributed by atoms with Gasteiger partial charge in [-0.3, -0.25) is 22.3 Å². The molecule has 0 saturated carbocycles. The van der Waals surface area contributed by atoms with Gasteiger partial charge in [0.25, 0.3) is 40.5 Å². The maximum atomic E-state index is 13.1. The van der Waals surface area contributed by atoms with E-state index in [0.29, 0.717) is 0 Å². The minimum Gasteiger partial charge on any atom is -0.505 e. The Bertz CT molecular complexity index is 2840. The summed E-state index contributed by atoms with van der Waals surface area (Å²) in [5, 5.41) is 29.1. The number of hydrogen-bond acceptors (Lipinski definition) is 16. The van der Waals surface area contributed by atoms with E-state index in [1.807, 2.05) is 0 Å². The molecule has 5 aromatic rings. The molecule has 53 heavy (non-hydrogen) atoms. The maximum absolute atomic E-state index is 13.1. The second kappa shape index (κ2) is 14.3. The molecule has 0 saturated heterocycles. The summed E-state index contributed by atoms with van der Waals surface area (Å²) in [5.74, 6) is -1.69. The fourth-order valence-corrected chi connectivity index (χ4v) is 7.61. The van der Waals surface area contributed by atoms with E-state index in [0.717, 1.165) is 51.5 Å². The number of amides is 1. The van der Waals surface area contributed by atoms with Crippen LogP contribution in [0.3, 0.4) is 0 Å². The molecule has 5 rings (SSSR count). The highest BCUT2D eigenvalue weighted by Gasteiger charge is 2.29. The highest BCUT2D eigenvalue weighted by Crippen LogP contribution is 2.47. The third-order valence-corrected chi connectivity index (χ3v) is 11.7. The zero-order valence-electron chi connectivity index (χ0n) is 27.2. The molecular formula is C30H25N5O14S4. The first kappa shape index (κ1) is 38.9. The Balaban J connectivity index is 1.74. The van der Waals surface area contributed by atoms with Crippen LogP contribution in [0.1, 0.15) is 6.92 Å². The third kappa shape index (κ3) is 8.06. The molecule has 0 radical (unpaired) electrons. The summed E-state index contributed by atoms with van der Waals surface area (Å²) in [5.41, 5.74) is -0.875. The molecule has 0 atom stereocenters. The Morgan fingerprint density at radius 2 is 1.21 bits per heavy atom. The monoisotopic (exact) mass is 807 g/mol. The molecule has 0 aliphatic rings. The predicted octanol–water partition coefficient (Wildman–Crippen LogP) is 5.65. The van der Waals surface area contributed by atoms with Crippen LogP contribution in [0.2, 0.25) is 0 Å². The highest BCUT2D eigenvalue weighted by atomic mass is 32.2. The quantitative estimate of drug-likeness (QED) is 0.0712. The van der Waals surface area contributed by atoms with Crippen molar-refractivity contribution in [3.8, 4) is 5.75 Å². The first-order valence-corrected chi connectivity index (χ1v) is 20.0. The number of carbonyl (C=O) groups is 1. The average Bonchev–Trinajstić information content (AvgIpc) is 3.09. The molecule has 0 aliphatic carbocycles. The molecule has 0 aliphatic heterocycles. The van der Waals surface area contributed by atoms with E-state index >= 15 is 0 Å². The van der Waals surface area contributed by atoms with Gasteiger partial charge in [0.15, 0.2) is 5.75 Å². The fourth-order valence-electron chi connectivity index (χ4n) is 4.95. The summed E-state index contributed by atoms with van der Waals surface area (Å²) in [6, 6.07) is 13.7. The van der Waals surface area contributed by atoms with Crippen molar-refractivity contribution >= 4 is 96.4 Å². The minimum absolute atomic E-state index is 0.0362. The SMILES string of the molecule is COS(=O)(=O)c1ccc(N=Nc2ccc(N=Nc3c(S(=O)(=O)OC)cc4c(S(=O)(=O)O)ccc(NC(C)=O)c4c3O)c3cc(S(=O)(=O)O)ccc23)cc1. The second-order valence-electron chi connectivity index (χ2n) is 10.7. The molecule has 5 aromatic carbocycles. The molecule has 1 amide bonds. The molecule has 0 aromatic heterocycles. The molecule has 0 unspecified atom stereocenters. The molecular weight excluding hydrogens is 783 g/mol. The summed E-state index contributed by atoms with van der Waals surface area (Å²) in [6.45, 7) is 1.10. The number of phenolic OH excluding ortho intramolecular Hbond substituents is 1. The summed E-state index contributed by atoms with van der Waals surface area (Å²) in [4.78, 5) is 9.46. The second-order valence-corrected chi connectivity index (χ2v) is 16.9. The molecule has 278 valence electrons. The van der Waals surface area contributed by atoms with Crippen LogP contribution < -0.4 is 5.32 Å². The number of benzene rings is 5. The number of fused-ring (bicyclic) bond motifs is 2. The first-order chi connectivity index (χ1) is 24.7. The van der Waals surface area contributed by atoms with E-state index in [1.54, 1.807) is 0 Å². The van der Waals surface area contributed by atoms with Gasteiger partial charge in [0.1, 0.15) is 15.5 Å². The lowest BCUT2D eigenvalue weighted by Gasteiger charge is -2.15. The average molecular weight is 808 g/mol. The summed E-state index contributed by atoms with van der Waals surface area (Å²) in [7, 11) is -16.8. The van der Waals surface area contributed by atoms with E-state index < -0.39 is 83.3 Å². The van der Waals surface area contributed by atoms with E-state index in [1.165, 1.54) is 42.5 Å². The molecule has 4 N–H and O–H groups in total. The van der Waals surface area contributed by atoms with Crippen molar-refractivity contribution in [2.75, 3.05) is 19.5 Å². The number of carbonyl (C=O) groups excluding carboxylic acids is 1. The molecule has 0 heterocycles. The van der Waals surface area contributed by atoms with Crippen LogP contribution in [-0.2, 0) is 53.6 Å². The van der Waals surface area contributed by atoms with E-state index in [-0.39, 0.29) is 38.4 Å². The lowest BCUT2D eigenvalue weighted by atomic mass is 10.1. The van der Waals surface area contributed by atoms with Crippen molar-refractivity contribution in [2.45, 2.75) is 26.5 Å². The molecule has 0 fully saturated rings. The van der Waals surface area contributed by atoms with Gasteiger partial charge in [-0.05, 0) is 66.7 Å². The van der Waals surface area contributed by atoms with E-state index in [4.69, 9.17) is 0 Å². The number of anilines is 1. The number of aromatic hydroxyl groups is 1. The molecule has 0 spiro atoms. The van der Waals surface area contributed by atoms with Crippen LogP contribution in [0.5, 0.6) is 5.75 Å². The summed E-state index contributed by atoms with van der Waals surface area (Å²) < 4.78 is 127. The Hall–Kier alpha value is -5.27. The lowest BCUT2D eigenvalue weighted by molar-refractivity contribution is -0.114. The van der Waals surface area contributed by atoms with Gasteiger partial charge in [-0.15, -0.1) is 15.3 Å². The normalized spacial score (nSPS) is 13.0. The Kier molecular flexibility index (Phi) is 10.5. The van der Waals surface area contributed by atoms with Crippen LogP contribution in [0.15, 0.2) is 113 Å². The molecule has 23 heteroatoms. The van der Waals surface area contributed by atoms with Crippen molar-refractivity contribution in [3.63, 3.8) is 0 Å². The van der Waals surface area contributed by atoms with Crippen molar-refractivity contribution in [2.24, 2.45) is 20.5 Å². The van der Waals surface area contributed by atoms with Crippen LogP contribution in [0.25, 0.3) is 21.5 Å². The number of nitrogens with one attached hydrogen (secondary N) is 1. The van der Waals surface area contributed by atoms with Gasteiger partial charge in [0.2, 0.25) is 5.91 Å². The maximum Gasteiger partial charge on any atom is 0.299 e. The number of azo groups is 2. The van der Waals surface area contributed by atoms with Gasteiger partial charge in [0.05, 0.1) is 52.1 Å². The Morgan fingerprint density at radius 1 is 0.623 bits per heavy atom. The Labute approximate surface area is 301 Å². The van der Waals surface area contributed by atoms with Crippen molar-refractivity contribution < 1.29 is 61.0 Å². The summed E-state index contributed by atoms with van der Waals surface area (Å²) >= 11 is 0. The van der Waals surface area contributed by atoms with Crippen LogP contribution >= 0.6 is 0 Å². The van der Waals surface area contributed by atoms with Crippen molar-refractivity contribution in [1.29, 1.82) is 0 Å². The number of rotatable bonds is 11. The molecule has 0 bridgehead atoms. The standard InChI is InChI=1S/C30H25N5O14S4/c1-16(36)31-25-12-13-26(51(41,42)43)22-15-27(53(46,47)49-3)29(30(37)28(22)25)35-34-24-11-10-23(20-9-8-19(14-21(20)24)50(38,39)40)33-32-17-4-6-18(7-5-17)52(44,45)48-2/h4-15,37H,1-3H3,(H,31,36)(H,38,39,40)(H,41,42,43). The van der Waals surface area contributed by atoms with E-state index in [2.05, 4.69) is 34.1 Å². The minimum atomic E-state index is -5.03. The predicted molar refractivity (Wildman–Crippen MR) is 187 cm³/mol. The summed E-state index contributed by atoms with van der Waals surface area (Å²) in [6.07, 6.45) is 0. The smallest absolute Gasteiger partial charge is 0.299 e. The van der Waals surface area contributed by atoms with E-state index in [9.17, 15) is 52.7 Å². The van der Waals surface area contributed by atoms with Gasteiger partial charge >= 0.3 is 0 Å². The zero-order chi connectivity index (χ0) is 39.1. The van der Waals surface area contributed by atoms with Gasteiger partial charge in [-0.1, -0.05) is 6.07 Å². The van der Waals surface area contributed by atoms with Gasteiger partial charge < -0.3 is 10.4 Å². The van der Waals surface area contributed by atoms with Gasteiger partial charge in [-0.25, -0.2) is 0 Å². The van der Waals surface area contributed by atoms with Crippen molar-refractivity contribution in [1.82, 2.24) is 0 Å². The zero-order valence-corrected chi connectivity index (χ0v) is 30.4. The van der Waals surface area contributed by atoms with Crippen molar-refractivity contribution in [3.05, 3.63) is 72.8 Å². The number of hydrogen-bond donors (Lipinski definition) is 4. The molecule has 19 nitrogen and oxygen atoms in total. The van der Waals surface area contributed by atoms with Gasteiger partial charge in [0, 0.05) is 23.1 Å². The first-order valence-electron chi connectivity index (χ1n) is 14.3.